The second kappa shape index (κ2) is 8.05. The lowest BCUT2D eigenvalue weighted by Crippen LogP contribution is -2.27. The Kier molecular flexibility index (Phi) is 5.46. The molecule has 0 unspecified atom stereocenters. The maximum atomic E-state index is 12.7. The van der Waals surface area contributed by atoms with Gasteiger partial charge in [0.15, 0.2) is 0 Å². The smallest absolute Gasteiger partial charge is 0.243 e. The molecular formula is C23H24N4O2S. The van der Waals surface area contributed by atoms with Crippen molar-refractivity contribution in [1.29, 1.82) is 5.26 Å². The van der Waals surface area contributed by atoms with E-state index in [0.29, 0.717) is 23.5 Å². The molecule has 2 heterocycles. The summed E-state index contributed by atoms with van der Waals surface area (Å²) in [4.78, 5) is 4.78. The Morgan fingerprint density at radius 3 is 2.37 bits per heavy atom. The van der Waals surface area contributed by atoms with E-state index < -0.39 is 10.0 Å². The lowest BCUT2D eigenvalue weighted by Gasteiger charge is -2.16. The van der Waals surface area contributed by atoms with E-state index in [4.69, 9.17) is 0 Å². The highest BCUT2D eigenvalue weighted by Crippen LogP contribution is 2.31. The van der Waals surface area contributed by atoms with Crippen LogP contribution in [0.1, 0.15) is 32.3 Å². The molecule has 0 aliphatic carbocycles. The fourth-order valence-corrected chi connectivity index (χ4v) is 5.32. The van der Waals surface area contributed by atoms with Gasteiger partial charge in [0.05, 0.1) is 21.7 Å². The molecule has 1 saturated heterocycles. The van der Waals surface area contributed by atoms with Gasteiger partial charge >= 0.3 is 0 Å². The zero-order valence-electron chi connectivity index (χ0n) is 17.1. The van der Waals surface area contributed by atoms with Gasteiger partial charge in [0.2, 0.25) is 10.0 Å². The molecule has 3 aromatic rings. The summed E-state index contributed by atoms with van der Waals surface area (Å²) in [5, 5.41) is 13.6. The summed E-state index contributed by atoms with van der Waals surface area (Å²) in [7, 11) is -3.42. The van der Waals surface area contributed by atoms with Gasteiger partial charge in [-0.1, -0.05) is 24.3 Å². The van der Waals surface area contributed by atoms with Crippen LogP contribution < -0.4 is 5.32 Å². The molecule has 0 radical (unpaired) electrons. The van der Waals surface area contributed by atoms with Crippen molar-refractivity contribution in [1.82, 2.24) is 9.29 Å². The average molecular weight is 421 g/mol. The Balaban J connectivity index is 1.69. The normalized spacial score (nSPS) is 14.9. The number of nitrogens with one attached hydrogen (secondary N) is 1. The van der Waals surface area contributed by atoms with Crippen LogP contribution in [0.2, 0.25) is 0 Å². The zero-order valence-corrected chi connectivity index (χ0v) is 17.9. The number of sulfonamides is 1. The van der Waals surface area contributed by atoms with Crippen molar-refractivity contribution in [3.05, 3.63) is 54.2 Å². The molecule has 7 heteroatoms. The van der Waals surface area contributed by atoms with Gasteiger partial charge in [-0.2, -0.15) is 9.57 Å². The van der Waals surface area contributed by atoms with Gasteiger partial charge in [-0.3, -0.25) is 4.98 Å². The van der Waals surface area contributed by atoms with Crippen molar-refractivity contribution in [2.24, 2.45) is 0 Å². The fraction of sp³-hybridized carbons (Fsp3) is 0.304. The summed E-state index contributed by atoms with van der Waals surface area (Å²) in [6, 6.07) is 15.3. The lowest BCUT2D eigenvalue weighted by molar-refractivity contribution is 0.477. The highest BCUT2D eigenvalue weighted by Gasteiger charge is 2.26. The molecule has 1 N–H and O–H groups in total. The summed E-state index contributed by atoms with van der Waals surface area (Å²) < 4.78 is 27.0. The first-order chi connectivity index (χ1) is 14.4. The Morgan fingerprint density at radius 2 is 1.73 bits per heavy atom. The number of hydrogen-bond donors (Lipinski definition) is 1. The number of fused-ring (bicyclic) bond motifs is 1. The van der Waals surface area contributed by atoms with E-state index in [1.807, 2.05) is 44.2 Å². The van der Waals surface area contributed by atoms with Crippen molar-refractivity contribution in [3.8, 4) is 17.2 Å². The van der Waals surface area contributed by atoms with Gasteiger partial charge in [0.25, 0.3) is 0 Å². The Morgan fingerprint density at radius 1 is 1.07 bits per heavy atom. The molecule has 154 valence electrons. The van der Waals surface area contributed by atoms with E-state index in [-0.39, 0.29) is 6.04 Å². The van der Waals surface area contributed by atoms with Gasteiger partial charge in [-0.15, -0.1) is 0 Å². The van der Waals surface area contributed by atoms with Gasteiger partial charge in [-0.25, -0.2) is 8.42 Å². The van der Waals surface area contributed by atoms with E-state index >= 15 is 0 Å². The van der Waals surface area contributed by atoms with Crippen LogP contribution in [0.4, 0.5) is 5.69 Å². The highest BCUT2D eigenvalue weighted by atomic mass is 32.2. The summed E-state index contributed by atoms with van der Waals surface area (Å²) in [6.07, 6.45) is 3.42. The molecule has 0 spiro atoms. The molecule has 0 amide bonds. The first-order valence-corrected chi connectivity index (χ1v) is 11.5. The number of rotatable bonds is 5. The van der Waals surface area contributed by atoms with E-state index in [0.717, 1.165) is 40.6 Å². The van der Waals surface area contributed by atoms with E-state index in [9.17, 15) is 13.7 Å². The number of benzene rings is 2. The molecule has 0 bridgehead atoms. The average Bonchev–Trinajstić information content (AvgIpc) is 3.29. The van der Waals surface area contributed by atoms with E-state index in [1.165, 1.54) is 0 Å². The fourth-order valence-electron chi connectivity index (χ4n) is 3.80. The van der Waals surface area contributed by atoms with Gasteiger partial charge < -0.3 is 5.32 Å². The molecule has 1 fully saturated rings. The number of nitriles is 1. The quantitative estimate of drug-likeness (QED) is 0.662. The van der Waals surface area contributed by atoms with Crippen LogP contribution in [0.25, 0.3) is 22.0 Å². The van der Waals surface area contributed by atoms with Gasteiger partial charge in [-0.05, 0) is 56.0 Å². The number of hydrogen-bond acceptors (Lipinski definition) is 5. The van der Waals surface area contributed by atoms with Crippen LogP contribution in [0.15, 0.2) is 53.6 Å². The van der Waals surface area contributed by atoms with Crippen molar-refractivity contribution in [3.63, 3.8) is 0 Å². The predicted octanol–water partition coefficient (Wildman–Crippen LogP) is 4.38. The molecule has 4 rings (SSSR count). The van der Waals surface area contributed by atoms with Crippen LogP contribution in [-0.2, 0) is 10.0 Å². The Hall–Kier alpha value is -2.95. The van der Waals surface area contributed by atoms with Crippen LogP contribution in [0, 0.1) is 11.3 Å². The van der Waals surface area contributed by atoms with Crippen LogP contribution in [-0.4, -0.2) is 36.8 Å². The second-order valence-corrected chi connectivity index (χ2v) is 9.76. The molecule has 1 aliphatic rings. The predicted molar refractivity (Wildman–Crippen MR) is 119 cm³/mol. The lowest BCUT2D eigenvalue weighted by atomic mass is 10.0. The second-order valence-electron chi connectivity index (χ2n) is 7.83. The van der Waals surface area contributed by atoms with E-state index in [1.54, 1.807) is 22.6 Å². The standard InChI is InChI=1S/C23H24N4O2S/c1-16(2)26-23-19(14-24)15-25-22-13-18(7-10-21(22)23)17-5-8-20(9-6-17)30(28,29)27-11-3-4-12-27/h5-10,13,15-16H,3-4,11-12H2,1-2H3,(H,25,26). The van der Waals surface area contributed by atoms with Gasteiger partial charge in [0.1, 0.15) is 6.07 Å². The topological polar surface area (TPSA) is 86.1 Å². The third-order valence-electron chi connectivity index (χ3n) is 5.31. The van der Waals surface area contributed by atoms with Crippen molar-refractivity contribution < 1.29 is 8.42 Å². The molecule has 6 nitrogen and oxygen atoms in total. The minimum absolute atomic E-state index is 0.187. The third kappa shape index (κ3) is 3.76. The molecular weight excluding hydrogens is 396 g/mol. The van der Waals surface area contributed by atoms with Gasteiger partial charge in [0, 0.05) is 30.7 Å². The minimum Gasteiger partial charge on any atom is -0.381 e. The largest absolute Gasteiger partial charge is 0.381 e. The highest BCUT2D eigenvalue weighted by molar-refractivity contribution is 7.89. The zero-order chi connectivity index (χ0) is 21.3. The van der Waals surface area contributed by atoms with Crippen molar-refractivity contribution >= 4 is 26.6 Å². The molecule has 1 aliphatic heterocycles. The number of pyridine rings is 1. The maximum absolute atomic E-state index is 12.7. The number of anilines is 1. The van der Waals surface area contributed by atoms with Crippen LogP contribution in [0.5, 0.6) is 0 Å². The summed E-state index contributed by atoms with van der Waals surface area (Å²) in [5.41, 5.74) is 3.95. The first kappa shape index (κ1) is 20.3. The SMILES string of the molecule is CC(C)Nc1c(C#N)cnc2cc(-c3ccc(S(=O)(=O)N4CCCC4)cc3)ccc12. The molecule has 1 aromatic heterocycles. The third-order valence-corrected chi connectivity index (χ3v) is 7.23. The monoisotopic (exact) mass is 420 g/mol. The first-order valence-electron chi connectivity index (χ1n) is 10.1. The summed E-state index contributed by atoms with van der Waals surface area (Å²) >= 11 is 0. The molecule has 0 saturated carbocycles. The Labute approximate surface area is 177 Å². The molecule has 2 aromatic carbocycles. The van der Waals surface area contributed by atoms with Crippen molar-refractivity contribution in [2.75, 3.05) is 18.4 Å². The summed E-state index contributed by atoms with van der Waals surface area (Å²) in [6.45, 7) is 5.24. The molecule has 0 atom stereocenters. The van der Waals surface area contributed by atoms with E-state index in [2.05, 4.69) is 16.4 Å². The minimum atomic E-state index is -3.42. The van der Waals surface area contributed by atoms with Crippen molar-refractivity contribution in [2.45, 2.75) is 37.6 Å². The summed E-state index contributed by atoms with van der Waals surface area (Å²) in [5.74, 6) is 0. The van der Waals surface area contributed by atoms with Crippen LogP contribution >= 0.6 is 0 Å². The number of nitrogens with zero attached hydrogens (tertiary/aromatic N) is 3. The molecule has 30 heavy (non-hydrogen) atoms. The maximum Gasteiger partial charge on any atom is 0.243 e. The number of aromatic nitrogens is 1. The van der Waals surface area contributed by atoms with Crippen LogP contribution in [0.3, 0.4) is 0 Å². The Bertz CT molecular complexity index is 1220.